The maximum Gasteiger partial charge on any atom is 0.490 e. The van der Waals surface area contributed by atoms with Crippen LogP contribution in [0.4, 0.5) is 39.5 Å². The average molecular weight is 539 g/mol. The molecular formula is C17H26F9N3O6. The molecule has 2 rings (SSSR count). The van der Waals surface area contributed by atoms with Gasteiger partial charge in [-0.3, -0.25) is 0 Å². The van der Waals surface area contributed by atoms with E-state index in [0.29, 0.717) is 5.41 Å². The molecule has 2 saturated heterocycles. The highest BCUT2D eigenvalue weighted by molar-refractivity contribution is 5.73. The Morgan fingerprint density at radius 2 is 1.06 bits per heavy atom. The highest BCUT2D eigenvalue weighted by atomic mass is 19.4. The second kappa shape index (κ2) is 14.3. The second-order valence-electron chi connectivity index (χ2n) is 7.25. The maximum atomic E-state index is 10.6. The van der Waals surface area contributed by atoms with Crippen LogP contribution in [0.25, 0.3) is 0 Å². The minimum atomic E-state index is -5.08. The van der Waals surface area contributed by atoms with Gasteiger partial charge in [0.05, 0.1) is 0 Å². The number of carboxylic acids is 3. The van der Waals surface area contributed by atoms with Crippen molar-refractivity contribution in [2.24, 2.45) is 5.41 Å². The van der Waals surface area contributed by atoms with Crippen molar-refractivity contribution in [1.29, 1.82) is 0 Å². The van der Waals surface area contributed by atoms with E-state index < -0.39 is 36.4 Å². The van der Waals surface area contributed by atoms with Crippen molar-refractivity contribution in [3.8, 4) is 0 Å². The van der Waals surface area contributed by atoms with Crippen LogP contribution in [-0.4, -0.2) is 114 Å². The van der Waals surface area contributed by atoms with Crippen molar-refractivity contribution in [3.63, 3.8) is 0 Å². The van der Waals surface area contributed by atoms with Gasteiger partial charge in [-0.05, 0) is 13.1 Å². The molecular weight excluding hydrogens is 513 g/mol. The van der Waals surface area contributed by atoms with Gasteiger partial charge in [-0.25, -0.2) is 14.4 Å². The topological polar surface area (TPSA) is 130 Å². The van der Waals surface area contributed by atoms with Gasteiger partial charge in [0, 0.05) is 44.7 Å². The molecule has 0 atom stereocenters. The summed E-state index contributed by atoms with van der Waals surface area (Å²) in [7, 11) is 0. The average Bonchev–Trinajstić information content (AvgIpc) is 2.61. The number of likely N-dealkylation sites (tertiary alicyclic amines) is 1. The van der Waals surface area contributed by atoms with Crippen molar-refractivity contribution in [2.75, 3.05) is 52.4 Å². The van der Waals surface area contributed by atoms with Crippen molar-refractivity contribution >= 4 is 17.9 Å². The van der Waals surface area contributed by atoms with Gasteiger partial charge in [-0.1, -0.05) is 13.8 Å². The standard InChI is InChI=1S/C11H23N3.3C2HF3O2/c1-3-13(4-2)5-6-14-9-11(10-14)7-12-8-11;3*3-2(4,5)1(6)7/h12H,3-10H2,1-2H3;3*(H,6,7). The monoisotopic (exact) mass is 539 g/mol. The molecule has 0 aromatic carbocycles. The predicted octanol–water partition coefficient (Wildman–Crippen LogP) is 2.13. The molecule has 0 saturated carbocycles. The third kappa shape index (κ3) is 15.3. The van der Waals surface area contributed by atoms with Crippen LogP contribution in [0.1, 0.15) is 13.8 Å². The summed E-state index contributed by atoms with van der Waals surface area (Å²) in [4.78, 5) is 31.8. The van der Waals surface area contributed by atoms with Crippen molar-refractivity contribution in [1.82, 2.24) is 15.1 Å². The zero-order chi connectivity index (χ0) is 28.3. The SMILES string of the molecule is CCN(CC)CCN1CC2(CNC2)C1.O=C(O)C(F)(F)F.O=C(O)C(F)(F)F.O=C(O)C(F)(F)F. The molecule has 2 heterocycles. The summed E-state index contributed by atoms with van der Waals surface area (Å²) in [6.45, 7) is 14.6. The van der Waals surface area contributed by atoms with Gasteiger partial charge in [-0.2, -0.15) is 39.5 Å². The number of hydrogen-bond donors (Lipinski definition) is 4. The molecule has 0 radical (unpaired) electrons. The van der Waals surface area contributed by atoms with E-state index in [4.69, 9.17) is 29.7 Å². The molecule has 0 unspecified atom stereocenters. The normalized spacial score (nSPS) is 16.8. The Morgan fingerprint density at radius 1 is 0.771 bits per heavy atom. The summed E-state index contributed by atoms with van der Waals surface area (Å²) in [6.07, 6.45) is -15.3. The lowest BCUT2D eigenvalue weighted by Gasteiger charge is -2.56. The number of aliphatic carboxylic acids is 3. The minimum Gasteiger partial charge on any atom is -0.475 e. The van der Waals surface area contributed by atoms with Gasteiger partial charge >= 0.3 is 36.4 Å². The van der Waals surface area contributed by atoms with Crippen LogP contribution in [0, 0.1) is 5.41 Å². The number of carboxylic acid groups (broad SMARTS) is 3. The molecule has 18 heteroatoms. The maximum absolute atomic E-state index is 10.6. The van der Waals surface area contributed by atoms with Gasteiger partial charge in [0.1, 0.15) is 0 Å². The van der Waals surface area contributed by atoms with Gasteiger partial charge in [0.15, 0.2) is 0 Å². The molecule has 0 aromatic rings. The lowest BCUT2D eigenvalue weighted by Crippen LogP contribution is -2.71. The molecule has 0 aliphatic carbocycles. The Kier molecular flexibility index (Phi) is 14.2. The zero-order valence-electron chi connectivity index (χ0n) is 18.5. The van der Waals surface area contributed by atoms with Crippen LogP contribution in [0.2, 0.25) is 0 Å². The van der Waals surface area contributed by atoms with E-state index in [0.717, 1.165) is 0 Å². The third-order valence-electron chi connectivity index (χ3n) is 4.47. The molecule has 2 aliphatic heterocycles. The van der Waals surface area contributed by atoms with Crippen LogP contribution >= 0.6 is 0 Å². The molecule has 9 nitrogen and oxygen atoms in total. The molecule has 0 bridgehead atoms. The van der Waals surface area contributed by atoms with Crippen molar-refractivity contribution in [2.45, 2.75) is 32.4 Å². The molecule has 4 N–H and O–H groups in total. The Balaban J connectivity index is 0. The Labute approximate surface area is 193 Å². The summed E-state index contributed by atoms with van der Waals surface area (Å²) in [6, 6.07) is 0. The molecule has 1 spiro atoms. The van der Waals surface area contributed by atoms with Crippen LogP contribution in [-0.2, 0) is 14.4 Å². The summed E-state index contributed by atoms with van der Waals surface area (Å²) in [5.74, 6) is -8.27. The predicted molar refractivity (Wildman–Crippen MR) is 101 cm³/mol. The van der Waals surface area contributed by atoms with Crippen molar-refractivity contribution < 1.29 is 69.2 Å². The van der Waals surface area contributed by atoms with E-state index in [1.807, 2.05) is 0 Å². The summed E-state index contributed by atoms with van der Waals surface area (Å²) >= 11 is 0. The first-order chi connectivity index (χ1) is 15.6. The third-order valence-corrected chi connectivity index (χ3v) is 4.47. The first-order valence-electron chi connectivity index (χ1n) is 9.67. The molecule has 35 heavy (non-hydrogen) atoms. The lowest BCUT2D eigenvalue weighted by atomic mass is 9.74. The molecule has 2 fully saturated rings. The molecule has 208 valence electrons. The Morgan fingerprint density at radius 3 is 1.23 bits per heavy atom. The number of nitrogens with one attached hydrogen (secondary N) is 1. The summed E-state index contributed by atoms with van der Waals surface area (Å²) in [5, 5.41) is 24.7. The lowest BCUT2D eigenvalue weighted by molar-refractivity contribution is -0.193. The minimum absolute atomic E-state index is 0.698. The zero-order valence-corrected chi connectivity index (χ0v) is 18.5. The number of likely N-dealkylation sites (N-methyl/N-ethyl adjacent to an activating group) is 1. The van der Waals surface area contributed by atoms with Gasteiger partial charge in [0.25, 0.3) is 0 Å². The van der Waals surface area contributed by atoms with E-state index in [9.17, 15) is 39.5 Å². The van der Waals surface area contributed by atoms with Crippen LogP contribution < -0.4 is 5.32 Å². The van der Waals surface area contributed by atoms with E-state index >= 15 is 0 Å². The fourth-order valence-electron chi connectivity index (χ4n) is 2.59. The number of halogens is 9. The second-order valence-corrected chi connectivity index (χ2v) is 7.25. The Bertz CT molecular complexity index is 611. The molecule has 2 aliphatic rings. The number of alkyl halides is 9. The van der Waals surface area contributed by atoms with Crippen LogP contribution in [0.5, 0.6) is 0 Å². The largest absolute Gasteiger partial charge is 0.490 e. The van der Waals surface area contributed by atoms with Crippen LogP contribution in [0.3, 0.4) is 0 Å². The first kappa shape index (κ1) is 34.8. The van der Waals surface area contributed by atoms with Gasteiger partial charge < -0.3 is 30.4 Å². The quantitative estimate of drug-likeness (QED) is 0.388. The molecule has 0 aromatic heterocycles. The van der Waals surface area contributed by atoms with Gasteiger partial charge in [-0.15, -0.1) is 0 Å². The van der Waals surface area contributed by atoms with Gasteiger partial charge in [0.2, 0.25) is 0 Å². The van der Waals surface area contributed by atoms with Crippen molar-refractivity contribution in [3.05, 3.63) is 0 Å². The van der Waals surface area contributed by atoms with E-state index in [1.165, 1.54) is 52.4 Å². The fourth-order valence-corrected chi connectivity index (χ4v) is 2.59. The van der Waals surface area contributed by atoms with E-state index in [-0.39, 0.29) is 0 Å². The van der Waals surface area contributed by atoms with Crippen LogP contribution in [0.15, 0.2) is 0 Å². The highest BCUT2D eigenvalue weighted by Crippen LogP contribution is 2.33. The van der Waals surface area contributed by atoms with E-state index in [2.05, 4.69) is 29.0 Å². The number of nitrogens with zero attached hydrogens (tertiary/aromatic N) is 2. The Hall–Kier alpha value is -2.34. The smallest absolute Gasteiger partial charge is 0.475 e. The fraction of sp³-hybridized carbons (Fsp3) is 0.824. The highest BCUT2D eigenvalue weighted by Gasteiger charge is 2.47. The van der Waals surface area contributed by atoms with E-state index in [1.54, 1.807) is 0 Å². The molecule has 0 amide bonds. The number of rotatable bonds is 5. The summed E-state index contributed by atoms with van der Waals surface area (Å²) in [5.41, 5.74) is 0.698. The number of hydrogen-bond acceptors (Lipinski definition) is 6. The first-order valence-corrected chi connectivity index (χ1v) is 9.67. The number of carbonyl (C=O) groups is 3. The summed E-state index contributed by atoms with van der Waals surface area (Å²) < 4.78 is 95.2.